The highest BCUT2D eigenvalue weighted by Gasteiger charge is 2.35. The topological polar surface area (TPSA) is 41.1 Å². The van der Waals surface area contributed by atoms with E-state index in [2.05, 4.69) is 27.2 Å². The first-order chi connectivity index (χ1) is 9.88. The van der Waals surface area contributed by atoms with Crippen molar-refractivity contribution in [1.82, 2.24) is 10.2 Å². The second-order valence-electron chi connectivity index (χ2n) is 5.52. The molecular formula is C16H19N3O. The fraction of sp³-hybridized carbons (Fsp3) is 0.438. The molecule has 2 bridgehead atoms. The van der Waals surface area contributed by atoms with Gasteiger partial charge in [-0.05, 0) is 31.9 Å². The number of piperidine rings is 1. The Balaban J connectivity index is 1.85. The summed E-state index contributed by atoms with van der Waals surface area (Å²) >= 11 is 0. The van der Waals surface area contributed by atoms with Crippen molar-refractivity contribution in [2.75, 3.05) is 24.6 Å². The van der Waals surface area contributed by atoms with E-state index >= 15 is 0 Å². The van der Waals surface area contributed by atoms with E-state index < -0.39 is 0 Å². The lowest BCUT2D eigenvalue weighted by Crippen LogP contribution is -2.38. The Bertz CT molecular complexity index is 626. The van der Waals surface area contributed by atoms with E-state index in [1.54, 1.807) is 0 Å². The number of aromatic amines is 1. The molecule has 3 aliphatic rings. The monoisotopic (exact) mass is 269 g/mol. The molecule has 1 N–H and O–H groups in total. The number of fused-ring (bicyclic) bond motifs is 2. The number of aromatic nitrogens is 2. The van der Waals surface area contributed by atoms with Crippen molar-refractivity contribution >= 4 is 5.69 Å². The Morgan fingerprint density at radius 3 is 2.90 bits per heavy atom. The van der Waals surface area contributed by atoms with Crippen molar-refractivity contribution in [2.45, 2.75) is 25.7 Å². The molecule has 20 heavy (non-hydrogen) atoms. The Kier molecular flexibility index (Phi) is 2.69. The van der Waals surface area contributed by atoms with Gasteiger partial charge in [-0.1, -0.05) is 12.1 Å². The maximum absolute atomic E-state index is 5.76. The van der Waals surface area contributed by atoms with Crippen molar-refractivity contribution in [1.29, 1.82) is 0 Å². The Labute approximate surface area is 118 Å². The molecule has 3 aliphatic heterocycles. The van der Waals surface area contributed by atoms with Gasteiger partial charge in [-0.15, -0.1) is 0 Å². The van der Waals surface area contributed by atoms with Gasteiger partial charge in [0.15, 0.2) is 0 Å². The third kappa shape index (κ3) is 1.64. The highest BCUT2D eigenvalue weighted by atomic mass is 16.5. The molecule has 1 aromatic carbocycles. The summed E-state index contributed by atoms with van der Waals surface area (Å²) in [7, 11) is 0. The van der Waals surface area contributed by atoms with E-state index in [0.29, 0.717) is 12.5 Å². The minimum absolute atomic E-state index is 0.663. The first kappa shape index (κ1) is 11.8. The molecule has 2 aromatic rings. The number of rotatable bonds is 3. The first-order valence-corrected chi connectivity index (χ1v) is 7.44. The van der Waals surface area contributed by atoms with Gasteiger partial charge >= 0.3 is 0 Å². The Morgan fingerprint density at radius 2 is 2.10 bits per heavy atom. The summed E-state index contributed by atoms with van der Waals surface area (Å²) in [6.45, 7) is 5.00. The summed E-state index contributed by atoms with van der Waals surface area (Å²) in [4.78, 5) is 2.47. The van der Waals surface area contributed by atoms with Gasteiger partial charge in [-0.2, -0.15) is 5.10 Å². The minimum Gasteiger partial charge on any atom is -0.493 e. The number of nitrogens with one attached hydrogen (secondary N) is 1. The molecule has 0 spiro atoms. The van der Waals surface area contributed by atoms with Crippen molar-refractivity contribution in [3.8, 4) is 17.0 Å². The summed E-state index contributed by atoms with van der Waals surface area (Å²) in [6, 6.07) is 8.19. The van der Waals surface area contributed by atoms with Crippen LogP contribution in [0.15, 0.2) is 24.3 Å². The molecular weight excluding hydrogens is 250 g/mol. The van der Waals surface area contributed by atoms with Crippen LogP contribution in [0.2, 0.25) is 0 Å². The molecule has 0 saturated carbocycles. The molecule has 4 heterocycles. The van der Waals surface area contributed by atoms with E-state index in [1.807, 2.05) is 19.1 Å². The van der Waals surface area contributed by atoms with Gasteiger partial charge in [0.2, 0.25) is 0 Å². The van der Waals surface area contributed by atoms with E-state index in [9.17, 15) is 0 Å². The van der Waals surface area contributed by atoms with Gasteiger partial charge in [0, 0.05) is 24.6 Å². The zero-order valence-corrected chi connectivity index (χ0v) is 11.7. The second kappa shape index (κ2) is 4.54. The van der Waals surface area contributed by atoms with E-state index in [-0.39, 0.29) is 0 Å². The number of ether oxygens (including phenoxy) is 1. The number of para-hydroxylation sites is 1. The molecule has 0 radical (unpaired) electrons. The van der Waals surface area contributed by atoms with Gasteiger partial charge in [0.1, 0.15) is 11.4 Å². The van der Waals surface area contributed by atoms with Crippen molar-refractivity contribution in [2.24, 2.45) is 0 Å². The maximum Gasteiger partial charge on any atom is 0.128 e. The average molecular weight is 269 g/mol. The molecule has 0 amide bonds. The number of H-pyrrole nitrogens is 1. The maximum atomic E-state index is 5.76. The summed E-state index contributed by atoms with van der Waals surface area (Å²) in [6.07, 6.45) is 2.50. The van der Waals surface area contributed by atoms with Crippen LogP contribution in [0.1, 0.15) is 31.4 Å². The lowest BCUT2D eigenvalue weighted by atomic mass is 9.86. The molecule has 0 aliphatic carbocycles. The second-order valence-corrected chi connectivity index (χ2v) is 5.52. The Hall–Kier alpha value is -1.97. The fourth-order valence-corrected chi connectivity index (χ4v) is 3.48. The molecule has 1 fully saturated rings. The standard InChI is InChI=1S/C16H19N3O/c1-2-20-13-6-4-3-5-12(13)15-16-14(17-18-15)11-7-9-19(16)10-8-11/h3-6,11H,2,7-10H2,1H3,(H,17,18). The van der Waals surface area contributed by atoms with Crippen LogP contribution in [0.3, 0.4) is 0 Å². The largest absolute Gasteiger partial charge is 0.493 e. The third-order valence-corrected chi connectivity index (χ3v) is 4.43. The predicted molar refractivity (Wildman–Crippen MR) is 79.4 cm³/mol. The van der Waals surface area contributed by atoms with Crippen LogP contribution in [0.25, 0.3) is 11.3 Å². The van der Waals surface area contributed by atoms with Crippen LogP contribution < -0.4 is 9.64 Å². The lowest BCUT2D eigenvalue weighted by molar-refractivity contribution is 0.341. The van der Waals surface area contributed by atoms with Crippen molar-refractivity contribution in [3.63, 3.8) is 0 Å². The van der Waals surface area contributed by atoms with Crippen LogP contribution in [0.5, 0.6) is 5.75 Å². The minimum atomic E-state index is 0.663. The predicted octanol–water partition coefficient (Wildman–Crippen LogP) is 3.17. The smallest absolute Gasteiger partial charge is 0.128 e. The molecule has 4 heteroatoms. The fourth-order valence-electron chi connectivity index (χ4n) is 3.48. The zero-order valence-electron chi connectivity index (χ0n) is 11.7. The number of hydrogen-bond donors (Lipinski definition) is 1. The van der Waals surface area contributed by atoms with Crippen LogP contribution in [-0.2, 0) is 0 Å². The normalized spacial score (nSPS) is 17.4. The van der Waals surface area contributed by atoms with E-state index in [1.165, 1.54) is 24.2 Å². The van der Waals surface area contributed by atoms with Gasteiger partial charge in [0.05, 0.1) is 18.0 Å². The van der Waals surface area contributed by atoms with Crippen molar-refractivity contribution in [3.05, 3.63) is 30.0 Å². The Morgan fingerprint density at radius 1 is 1.30 bits per heavy atom. The molecule has 5 rings (SSSR count). The molecule has 4 nitrogen and oxygen atoms in total. The quantitative estimate of drug-likeness (QED) is 0.930. The SMILES string of the molecule is CCOc1ccccc1-c1n[nH]c2c1N1CCC2CC1. The zero-order chi connectivity index (χ0) is 13.5. The first-order valence-electron chi connectivity index (χ1n) is 7.44. The number of nitrogens with zero attached hydrogens (tertiary/aromatic N) is 2. The lowest BCUT2D eigenvalue weighted by Gasteiger charge is -2.40. The molecule has 0 unspecified atom stereocenters. The number of hydrogen-bond acceptors (Lipinski definition) is 3. The van der Waals surface area contributed by atoms with Gasteiger partial charge in [-0.25, -0.2) is 0 Å². The van der Waals surface area contributed by atoms with Gasteiger partial charge < -0.3 is 9.64 Å². The molecule has 0 atom stereocenters. The number of benzene rings is 1. The third-order valence-electron chi connectivity index (χ3n) is 4.43. The van der Waals surface area contributed by atoms with E-state index in [4.69, 9.17) is 4.74 Å². The molecule has 1 aromatic heterocycles. The summed E-state index contributed by atoms with van der Waals surface area (Å²) in [5.74, 6) is 1.59. The highest BCUT2D eigenvalue weighted by molar-refractivity contribution is 5.82. The summed E-state index contributed by atoms with van der Waals surface area (Å²) < 4.78 is 5.76. The van der Waals surface area contributed by atoms with E-state index in [0.717, 1.165) is 30.1 Å². The molecule has 104 valence electrons. The van der Waals surface area contributed by atoms with Gasteiger partial charge in [-0.3, -0.25) is 5.10 Å². The van der Waals surface area contributed by atoms with Crippen LogP contribution in [0, 0.1) is 0 Å². The van der Waals surface area contributed by atoms with Gasteiger partial charge in [0.25, 0.3) is 0 Å². The van der Waals surface area contributed by atoms with Crippen molar-refractivity contribution < 1.29 is 4.74 Å². The summed E-state index contributed by atoms with van der Waals surface area (Å²) in [5, 5.41) is 7.88. The summed E-state index contributed by atoms with van der Waals surface area (Å²) in [5.41, 5.74) is 4.77. The van der Waals surface area contributed by atoms with Crippen LogP contribution in [0.4, 0.5) is 5.69 Å². The number of anilines is 1. The average Bonchev–Trinajstić information content (AvgIpc) is 2.96. The highest BCUT2D eigenvalue weighted by Crippen LogP contribution is 2.47. The van der Waals surface area contributed by atoms with Crippen LogP contribution in [-0.4, -0.2) is 29.9 Å². The molecule has 1 saturated heterocycles. The van der Waals surface area contributed by atoms with Crippen LogP contribution >= 0.6 is 0 Å².